The maximum Gasteiger partial charge on any atom is 0.256 e. The Morgan fingerprint density at radius 3 is 2.49 bits per heavy atom. The molecule has 0 radical (unpaired) electrons. The van der Waals surface area contributed by atoms with Crippen LogP contribution in [0.1, 0.15) is 48.3 Å². The first kappa shape index (κ1) is 25.3. The zero-order valence-electron chi connectivity index (χ0n) is 21.7. The number of carbonyl (C=O) groups is 2. The van der Waals surface area contributed by atoms with Crippen molar-refractivity contribution in [3.63, 3.8) is 0 Å². The van der Waals surface area contributed by atoms with Gasteiger partial charge in [0.05, 0.1) is 5.57 Å². The molecule has 6 nitrogen and oxygen atoms in total. The number of nitrogens with zero attached hydrogens (tertiary/aromatic N) is 1. The lowest BCUT2D eigenvalue weighted by Crippen LogP contribution is -2.55. The van der Waals surface area contributed by atoms with E-state index in [9.17, 15) is 9.59 Å². The van der Waals surface area contributed by atoms with Crippen LogP contribution in [0.15, 0.2) is 42.5 Å². The van der Waals surface area contributed by atoms with E-state index in [-0.39, 0.29) is 11.8 Å². The Morgan fingerprint density at radius 1 is 1.08 bits per heavy atom. The van der Waals surface area contributed by atoms with Crippen molar-refractivity contribution in [1.82, 2.24) is 15.2 Å². The van der Waals surface area contributed by atoms with Crippen LogP contribution in [-0.2, 0) is 16.0 Å². The minimum absolute atomic E-state index is 0.123. The fourth-order valence-electron chi connectivity index (χ4n) is 5.66. The number of fused-ring (bicyclic) bond motifs is 1. The van der Waals surface area contributed by atoms with E-state index in [1.54, 1.807) is 0 Å². The predicted molar refractivity (Wildman–Crippen MR) is 151 cm³/mol. The number of amides is 2. The van der Waals surface area contributed by atoms with E-state index < -0.39 is 0 Å². The van der Waals surface area contributed by atoms with Crippen LogP contribution in [0.2, 0.25) is 5.02 Å². The number of H-pyrrole nitrogens is 1. The average molecular weight is 517 g/mol. The van der Waals surface area contributed by atoms with Gasteiger partial charge in [0.25, 0.3) is 5.91 Å². The normalized spacial score (nSPS) is 20.3. The third kappa shape index (κ3) is 5.09. The number of aromatic nitrogens is 1. The molecule has 5 rings (SSSR count). The van der Waals surface area contributed by atoms with Crippen molar-refractivity contribution in [3.05, 3.63) is 75.6 Å². The molecule has 2 aromatic carbocycles. The first-order valence-corrected chi connectivity index (χ1v) is 13.2. The second kappa shape index (κ2) is 10.2. The maximum absolute atomic E-state index is 13.0. The number of rotatable bonds is 5. The largest absolute Gasteiger partial charge is 0.359 e. The van der Waals surface area contributed by atoms with Crippen LogP contribution in [0.4, 0.5) is 5.69 Å². The maximum atomic E-state index is 13.0. The van der Waals surface area contributed by atoms with Crippen LogP contribution in [0.3, 0.4) is 0 Å². The summed E-state index contributed by atoms with van der Waals surface area (Å²) in [5.41, 5.74) is 8.43. The van der Waals surface area contributed by atoms with Gasteiger partial charge in [0.1, 0.15) is 0 Å². The van der Waals surface area contributed by atoms with E-state index in [1.807, 2.05) is 60.4 Å². The summed E-state index contributed by atoms with van der Waals surface area (Å²) in [7, 11) is 0. The minimum atomic E-state index is -0.123. The molecule has 2 aliphatic heterocycles. The van der Waals surface area contributed by atoms with Crippen LogP contribution in [0.25, 0.3) is 22.8 Å². The number of carbonyl (C=O) groups excluding carboxylic acids is 2. The molecule has 192 valence electrons. The molecular formula is C30H33ClN4O2. The predicted octanol–water partition coefficient (Wildman–Crippen LogP) is 5.59. The highest BCUT2D eigenvalue weighted by Crippen LogP contribution is 2.41. The Hall–Kier alpha value is -3.35. The zero-order valence-corrected chi connectivity index (χ0v) is 22.5. The molecule has 3 aromatic rings. The second-order valence-corrected chi connectivity index (χ2v) is 10.7. The van der Waals surface area contributed by atoms with E-state index in [0.29, 0.717) is 35.5 Å². The summed E-state index contributed by atoms with van der Waals surface area (Å²) in [6.45, 7) is 9.82. The van der Waals surface area contributed by atoms with Gasteiger partial charge < -0.3 is 20.5 Å². The number of piperazine rings is 1. The van der Waals surface area contributed by atoms with Crippen LogP contribution < -0.4 is 10.6 Å². The van der Waals surface area contributed by atoms with Gasteiger partial charge in [-0.1, -0.05) is 35.9 Å². The summed E-state index contributed by atoms with van der Waals surface area (Å²) in [6, 6.07) is 14.2. The molecule has 1 aromatic heterocycles. The zero-order chi connectivity index (χ0) is 26.3. The van der Waals surface area contributed by atoms with Gasteiger partial charge in [-0.2, -0.15) is 0 Å². The van der Waals surface area contributed by atoms with Gasteiger partial charge in [-0.15, -0.1) is 0 Å². The summed E-state index contributed by atoms with van der Waals surface area (Å²) < 4.78 is 0. The molecule has 2 amide bonds. The fraction of sp³-hybridized carbons (Fsp3) is 0.333. The van der Waals surface area contributed by atoms with Crippen molar-refractivity contribution in [2.45, 2.75) is 52.6 Å². The van der Waals surface area contributed by atoms with Gasteiger partial charge in [0.15, 0.2) is 0 Å². The summed E-state index contributed by atoms with van der Waals surface area (Å²) >= 11 is 6.10. The summed E-state index contributed by atoms with van der Waals surface area (Å²) in [5.74, 6) is 0.0681. The minimum Gasteiger partial charge on any atom is -0.359 e. The number of aromatic amines is 1. The number of hydrogen-bond acceptors (Lipinski definition) is 3. The van der Waals surface area contributed by atoms with E-state index in [2.05, 4.69) is 36.4 Å². The fourth-order valence-corrected chi connectivity index (χ4v) is 5.78. The molecule has 0 saturated carbocycles. The molecule has 0 unspecified atom stereocenters. The molecule has 3 heterocycles. The van der Waals surface area contributed by atoms with E-state index in [1.165, 1.54) is 0 Å². The lowest BCUT2D eigenvalue weighted by Gasteiger charge is -2.36. The molecule has 7 heteroatoms. The molecule has 0 spiro atoms. The molecule has 1 saturated heterocycles. The third-order valence-corrected chi connectivity index (χ3v) is 7.65. The third-order valence-electron chi connectivity index (χ3n) is 7.40. The van der Waals surface area contributed by atoms with Gasteiger partial charge >= 0.3 is 0 Å². The molecule has 1 fully saturated rings. The Bertz CT molecular complexity index is 1380. The summed E-state index contributed by atoms with van der Waals surface area (Å²) in [5, 5.41) is 7.16. The van der Waals surface area contributed by atoms with Crippen LogP contribution in [-0.4, -0.2) is 46.9 Å². The highest BCUT2D eigenvalue weighted by molar-refractivity contribution is 6.36. The van der Waals surface area contributed by atoms with E-state index in [4.69, 9.17) is 11.6 Å². The van der Waals surface area contributed by atoms with Crippen molar-refractivity contribution in [3.8, 4) is 11.1 Å². The topological polar surface area (TPSA) is 77.2 Å². The van der Waals surface area contributed by atoms with E-state index in [0.717, 1.165) is 58.0 Å². The molecule has 0 bridgehead atoms. The lowest BCUT2D eigenvalue weighted by molar-refractivity contribution is -0.132. The number of anilines is 1. The Morgan fingerprint density at radius 2 is 1.78 bits per heavy atom. The number of hydrogen-bond donors (Lipinski definition) is 3. The summed E-state index contributed by atoms with van der Waals surface area (Å²) in [4.78, 5) is 31.5. The molecule has 2 atom stereocenters. The molecular weight excluding hydrogens is 484 g/mol. The van der Waals surface area contributed by atoms with Crippen molar-refractivity contribution >= 4 is 40.8 Å². The molecule has 2 aliphatic rings. The SMILES string of the molecule is Cc1[nH]c(C=C2C(=O)Nc3cccc(-c4ccc(Cl)cc4)c32)c(C)c1CCC(=O)N1C[C@H](C)N[C@@H](C)C1. The lowest BCUT2D eigenvalue weighted by atomic mass is 9.94. The van der Waals surface area contributed by atoms with Crippen LogP contribution in [0.5, 0.6) is 0 Å². The monoisotopic (exact) mass is 516 g/mol. The van der Waals surface area contributed by atoms with Gasteiger partial charge in [-0.25, -0.2) is 0 Å². The Labute approximate surface area is 223 Å². The van der Waals surface area contributed by atoms with Crippen LogP contribution >= 0.6 is 11.6 Å². The number of benzene rings is 2. The van der Waals surface area contributed by atoms with Crippen molar-refractivity contribution < 1.29 is 9.59 Å². The Balaban J connectivity index is 1.42. The van der Waals surface area contributed by atoms with Gasteiger partial charge in [0.2, 0.25) is 5.91 Å². The van der Waals surface area contributed by atoms with Gasteiger partial charge in [-0.3, -0.25) is 9.59 Å². The quantitative estimate of drug-likeness (QED) is 0.387. The molecule has 37 heavy (non-hydrogen) atoms. The van der Waals surface area contributed by atoms with Gasteiger partial charge in [0, 0.05) is 59.3 Å². The smallest absolute Gasteiger partial charge is 0.256 e. The molecule has 0 aliphatic carbocycles. The van der Waals surface area contributed by atoms with Crippen molar-refractivity contribution in [2.75, 3.05) is 18.4 Å². The average Bonchev–Trinajstić information content (AvgIpc) is 3.32. The number of nitrogens with one attached hydrogen (secondary N) is 3. The highest BCUT2D eigenvalue weighted by atomic mass is 35.5. The molecule has 3 N–H and O–H groups in total. The van der Waals surface area contributed by atoms with E-state index >= 15 is 0 Å². The van der Waals surface area contributed by atoms with Gasteiger partial charge in [-0.05, 0) is 80.6 Å². The summed E-state index contributed by atoms with van der Waals surface area (Å²) in [6.07, 6.45) is 3.08. The Kier molecular flexibility index (Phi) is 6.97. The standard InChI is InChI=1S/C30H33ClN4O2/c1-17-15-35(16-18(2)32-17)28(36)13-12-23-19(3)27(33-20(23)4)14-25-29-24(21-8-10-22(31)11-9-21)6-5-7-26(29)34-30(25)37/h5-11,14,17-18,32-33H,12-13,15-16H2,1-4H3,(H,34,37)/t17-,18-/m0/s1. The van der Waals surface area contributed by atoms with Crippen molar-refractivity contribution in [2.24, 2.45) is 0 Å². The first-order chi connectivity index (χ1) is 17.7. The number of aryl methyl sites for hydroxylation is 1. The second-order valence-electron chi connectivity index (χ2n) is 10.3. The van der Waals surface area contributed by atoms with Crippen molar-refractivity contribution in [1.29, 1.82) is 0 Å². The number of halogens is 1. The highest BCUT2D eigenvalue weighted by Gasteiger charge is 2.28. The van der Waals surface area contributed by atoms with Crippen LogP contribution in [0, 0.1) is 13.8 Å². The first-order valence-electron chi connectivity index (χ1n) is 12.9.